The molecule has 0 bridgehead atoms. The molecular formula is C7H12BrN5O3. The second-order valence-corrected chi connectivity index (χ2v) is 3.79. The molecule has 16 heavy (non-hydrogen) atoms. The molecule has 0 aromatic carbocycles. The van der Waals surface area contributed by atoms with Crippen LogP contribution in [0.25, 0.3) is 0 Å². The molecule has 0 aliphatic carbocycles. The zero-order valence-electron chi connectivity index (χ0n) is 8.63. The van der Waals surface area contributed by atoms with Gasteiger partial charge in [0.15, 0.2) is 0 Å². The van der Waals surface area contributed by atoms with Crippen LogP contribution in [-0.4, -0.2) is 44.0 Å². The molecule has 1 aromatic rings. The van der Waals surface area contributed by atoms with Crippen molar-refractivity contribution >= 4 is 21.9 Å². The van der Waals surface area contributed by atoms with Gasteiger partial charge in [-0.1, -0.05) is 6.92 Å². The average Bonchev–Trinajstić information content (AvgIpc) is 2.57. The Balaban J connectivity index is 2.62. The zero-order valence-corrected chi connectivity index (χ0v) is 10.2. The smallest absolute Gasteiger partial charge is 0.390 e. The number of likely N-dealkylation sites (N-methyl/N-ethyl adjacent to an activating group) is 1. The molecule has 90 valence electrons. The second-order valence-electron chi connectivity index (χ2n) is 3.08. The van der Waals surface area contributed by atoms with Crippen LogP contribution in [0.4, 0.5) is 5.95 Å². The molecule has 1 atom stereocenters. The Morgan fingerprint density at radius 3 is 2.94 bits per heavy atom. The normalized spacial score (nSPS) is 12.7. The van der Waals surface area contributed by atoms with Crippen LogP contribution in [-0.2, 0) is 6.54 Å². The number of aliphatic hydroxyl groups excluding tert-OH is 1. The Bertz CT molecular complexity index is 369. The maximum Gasteiger partial charge on any atom is 0.492 e. The fourth-order valence-corrected chi connectivity index (χ4v) is 1.46. The van der Waals surface area contributed by atoms with Crippen molar-refractivity contribution in [2.75, 3.05) is 13.1 Å². The van der Waals surface area contributed by atoms with E-state index in [9.17, 15) is 15.2 Å². The van der Waals surface area contributed by atoms with Crippen LogP contribution in [0.3, 0.4) is 0 Å². The summed E-state index contributed by atoms with van der Waals surface area (Å²) in [4.78, 5) is 13.3. The Morgan fingerprint density at radius 2 is 2.44 bits per heavy atom. The van der Waals surface area contributed by atoms with Crippen LogP contribution in [0, 0.1) is 10.1 Å². The molecule has 0 fully saturated rings. The predicted molar refractivity (Wildman–Crippen MR) is 58.9 cm³/mol. The van der Waals surface area contributed by atoms with Crippen molar-refractivity contribution in [2.45, 2.75) is 19.6 Å². The van der Waals surface area contributed by atoms with Gasteiger partial charge in [-0.3, -0.25) is 0 Å². The van der Waals surface area contributed by atoms with Crippen LogP contribution < -0.4 is 5.32 Å². The van der Waals surface area contributed by atoms with Gasteiger partial charge in [-0.2, -0.15) is 4.68 Å². The fraction of sp³-hybridized carbons (Fsp3) is 0.714. The van der Waals surface area contributed by atoms with Gasteiger partial charge in [-0.05, 0) is 16.5 Å². The van der Waals surface area contributed by atoms with Gasteiger partial charge in [0.1, 0.15) is 0 Å². The summed E-state index contributed by atoms with van der Waals surface area (Å²) in [5, 5.41) is 26.5. The van der Waals surface area contributed by atoms with Crippen molar-refractivity contribution in [1.29, 1.82) is 0 Å². The van der Waals surface area contributed by atoms with Crippen molar-refractivity contribution < 1.29 is 10.0 Å². The topological polar surface area (TPSA) is 106 Å². The molecule has 1 unspecified atom stereocenters. The summed E-state index contributed by atoms with van der Waals surface area (Å²) in [6.07, 6.45) is -0.669. The van der Waals surface area contributed by atoms with Gasteiger partial charge in [-0.25, -0.2) is 0 Å². The molecule has 9 heteroatoms. The maximum absolute atomic E-state index is 10.4. The van der Waals surface area contributed by atoms with E-state index in [0.29, 0.717) is 6.54 Å². The van der Waals surface area contributed by atoms with E-state index in [2.05, 4.69) is 31.3 Å². The number of halogens is 1. The molecule has 0 saturated heterocycles. The molecule has 1 heterocycles. The van der Waals surface area contributed by atoms with Gasteiger partial charge < -0.3 is 20.5 Å². The van der Waals surface area contributed by atoms with Crippen molar-refractivity contribution in [2.24, 2.45) is 0 Å². The van der Waals surface area contributed by atoms with E-state index in [1.807, 2.05) is 6.92 Å². The molecule has 0 saturated carbocycles. The third-order valence-electron chi connectivity index (χ3n) is 1.79. The summed E-state index contributed by atoms with van der Waals surface area (Å²) >= 11 is 3.04. The standard InChI is InChI=1S/C7H12BrN5O3/c1-2-9-3-5(14)4-12-6(8)10-7(11-12)13(15)16/h5,9,14H,2-4H2,1H3. The number of nitrogens with one attached hydrogen (secondary N) is 1. The highest BCUT2D eigenvalue weighted by Crippen LogP contribution is 2.12. The van der Waals surface area contributed by atoms with E-state index < -0.39 is 17.0 Å². The van der Waals surface area contributed by atoms with Crippen LogP contribution in [0.1, 0.15) is 6.92 Å². The number of aliphatic hydroxyl groups is 1. The van der Waals surface area contributed by atoms with Gasteiger partial charge in [0.25, 0.3) is 4.73 Å². The van der Waals surface area contributed by atoms with Crippen LogP contribution in [0.15, 0.2) is 4.73 Å². The van der Waals surface area contributed by atoms with Gasteiger partial charge in [0.05, 0.1) is 12.6 Å². The molecular weight excluding hydrogens is 282 g/mol. The van der Waals surface area contributed by atoms with Crippen molar-refractivity contribution in [3.63, 3.8) is 0 Å². The summed E-state index contributed by atoms with van der Waals surface area (Å²) in [7, 11) is 0. The number of hydrogen-bond donors (Lipinski definition) is 2. The lowest BCUT2D eigenvalue weighted by molar-refractivity contribution is -0.394. The minimum Gasteiger partial charge on any atom is -0.390 e. The first-order valence-electron chi connectivity index (χ1n) is 4.68. The molecule has 1 rings (SSSR count). The molecule has 0 aliphatic heterocycles. The SMILES string of the molecule is CCNCC(O)Cn1nc([N+](=O)[O-])nc1Br. The number of aromatic nitrogens is 3. The average molecular weight is 294 g/mol. The number of rotatable bonds is 6. The Labute approximate surface area is 99.9 Å². The maximum atomic E-state index is 10.4. The molecule has 2 N–H and O–H groups in total. The lowest BCUT2D eigenvalue weighted by Gasteiger charge is -2.08. The minimum atomic E-state index is -0.683. The van der Waals surface area contributed by atoms with Crippen molar-refractivity contribution in [3.05, 3.63) is 14.8 Å². The first-order valence-corrected chi connectivity index (χ1v) is 5.47. The lowest BCUT2D eigenvalue weighted by Crippen LogP contribution is -2.30. The Kier molecular flexibility index (Phi) is 4.77. The Morgan fingerprint density at radius 1 is 1.75 bits per heavy atom. The molecule has 0 amide bonds. The molecule has 8 nitrogen and oxygen atoms in total. The Hall–Kier alpha value is -1.06. The molecule has 0 aliphatic rings. The van der Waals surface area contributed by atoms with Gasteiger partial charge >= 0.3 is 5.95 Å². The van der Waals surface area contributed by atoms with E-state index in [4.69, 9.17) is 0 Å². The minimum absolute atomic E-state index is 0.147. The van der Waals surface area contributed by atoms with Gasteiger partial charge in [-0.15, -0.1) is 0 Å². The quantitative estimate of drug-likeness (QED) is 0.561. The van der Waals surface area contributed by atoms with Crippen molar-refractivity contribution in [1.82, 2.24) is 20.1 Å². The summed E-state index contributed by atoms with van der Waals surface area (Å²) in [6.45, 7) is 3.21. The molecule has 0 radical (unpaired) electrons. The highest BCUT2D eigenvalue weighted by Gasteiger charge is 2.20. The van der Waals surface area contributed by atoms with E-state index in [1.165, 1.54) is 4.68 Å². The summed E-state index contributed by atoms with van der Waals surface area (Å²) in [5.41, 5.74) is 0. The van der Waals surface area contributed by atoms with Gasteiger partial charge in [0, 0.05) is 27.6 Å². The number of hydrogen-bond acceptors (Lipinski definition) is 6. The zero-order chi connectivity index (χ0) is 12.1. The largest absolute Gasteiger partial charge is 0.492 e. The van der Waals surface area contributed by atoms with E-state index in [-0.39, 0.29) is 11.3 Å². The molecule has 0 spiro atoms. The lowest BCUT2D eigenvalue weighted by atomic mass is 10.3. The van der Waals surface area contributed by atoms with Crippen LogP contribution >= 0.6 is 15.9 Å². The third-order valence-corrected chi connectivity index (χ3v) is 2.38. The van der Waals surface area contributed by atoms with E-state index >= 15 is 0 Å². The monoisotopic (exact) mass is 293 g/mol. The second kappa shape index (κ2) is 5.87. The van der Waals surface area contributed by atoms with Crippen LogP contribution in [0.5, 0.6) is 0 Å². The number of nitrogens with zero attached hydrogens (tertiary/aromatic N) is 4. The third kappa shape index (κ3) is 3.51. The van der Waals surface area contributed by atoms with Crippen LogP contribution in [0.2, 0.25) is 0 Å². The summed E-state index contributed by atoms with van der Waals surface area (Å²) in [5.74, 6) is -0.484. The highest BCUT2D eigenvalue weighted by molar-refractivity contribution is 9.10. The first kappa shape index (κ1) is 13.0. The van der Waals surface area contributed by atoms with Crippen molar-refractivity contribution in [3.8, 4) is 0 Å². The summed E-state index contributed by atoms with van der Waals surface area (Å²) < 4.78 is 1.48. The summed E-state index contributed by atoms with van der Waals surface area (Å²) in [6, 6.07) is 0. The predicted octanol–water partition coefficient (Wildman–Crippen LogP) is -0.0808. The van der Waals surface area contributed by atoms with E-state index in [1.54, 1.807) is 0 Å². The molecule has 1 aromatic heterocycles. The fourth-order valence-electron chi connectivity index (χ4n) is 1.08. The number of nitro groups is 1. The van der Waals surface area contributed by atoms with E-state index in [0.717, 1.165) is 6.54 Å². The first-order chi connectivity index (χ1) is 7.54. The highest BCUT2D eigenvalue weighted by atomic mass is 79.9. The van der Waals surface area contributed by atoms with Gasteiger partial charge in [0.2, 0.25) is 0 Å².